The van der Waals surface area contributed by atoms with Gasteiger partial charge in [-0.25, -0.2) is 0 Å². The highest BCUT2D eigenvalue weighted by atomic mass is 16.8. The van der Waals surface area contributed by atoms with Gasteiger partial charge in [-0.05, 0) is 20.3 Å². The molecule has 3 amide bonds. The third kappa shape index (κ3) is 11.5. The average Bonchev–Trinajstić information content (AvgIpc) is 3.18. The lowest BCUT2D eigenvalue weighted by atomic mass is 9.92. The van der Waals surface area contributed by atoms with E-state index in [-0.39, 0.29) is 25.2 Å². The molecule has 25 heteroatoms. The summed E-state index contributed by atoms with van der Waals surface area (Å²) in [5.41, 5.74) is 0. The highest BCUT2D eigenvalue weighted by Gasteiger charge is 2.56. The fourth-order valence-corrected chi connectivity index (χ4v) is 7.44. The molecular formula is C35H56N3O22-. The number of carboxylic acids is 1. The zero-order chi connectivity index (χ0) is 44.7. The van der Waals surface area contributed by atoms with Gasteiger partial charge in [0.25, 0.3) is 5.91 Å². The minimum absolute atomic E-state index is 0.0169. The van der Waals surface area contributed by atoms with E-state index in [1.807, 2.05) is 0 Å². The van der Waals surface area contributed by atoms with Crippen LogP contribution in [0.3, 0.4) is 0 Å². The molecule has 4 aliphatic heterocycles. The van der Waals surface area contributed by atoms with Crippen LogP contribution in [0.2, 0.25) is 0 Å². The molecule has 0 aromatic rings. The number of carbonyl (C=O) groups is 5. The van der Waals surface area contributed by atoms with E-state index < -0.39 is 159 Å². The van der Waals surface area contributed by atoms with Crippen molar-refractivity contribution in [3.05, 3.63) is 0 Å². The molecule has 4 saturated heterocycles. The number of carboxylic acid groups (broad SMARTS) is 1. The second-order valence-electron chi connectivity index (χ2n) is 15.0. The monoisotopic (exact) mass is 870 g/mol. The molecule has 0 bridgehead atoms. The zero-order valence-electron chi connectivity index (χ0n) is 33.4. The largest absolute Gasteiger partial charge is 0.547 e. The maximum absolute atomic E-state index is 13.2. The number of rotatable bonds is 17. The van der Waals surface area contributed by atoms with Crippen LogP contribution in [0.4, 0.5) is 0 Å². The number of aliphatic hydroxyl groups is 8. The average molecular weight is 871 g/mol. The maximum atomic E-state index is 13.2. The van der Waals surface area contributed by atoms with Gasteiger partial charge in [-0.3, -0.25) is 14.4 Å². The number of ketones is 1. The van der Waals surface area contributed by atoms with Crippen LogP contribution in [0.15, 0.2) is 0 Å². The summed E-state index contributed by atoms with van der Waals surface area (Å²) in [6, 6.07) is -2.90. The molecule has 4 aliphatic rings. The molecular weight excluding hydrogens is 814 g/mol. The lowest BCUT2D eigenvalue weighted by molar-refractivity contribution is -0.382. The van der Waals surface area contributed by atoms with Crippen molar-refractivity contribution in [3.8, 4) is 0 Å². The SMILES string of the molecule is CO[C@@H]1C(C(=O)NCCCC(C)=O)O[C@@H](O[C@@H]2C(NC(C)=O)C(O[C@@H]3C(C(=O)[O-])O[C@@H](O[C@@H]4C(NC(C)=O)C(C)OC(CO)[C@H]4O)[C@@H](O)C3O)OC(CO)[C@H]2O)[C@@H](O)C1O. The molecule has 4 fully saturated rings. The van der Waals surface area contributed by atoms with Gasteiger partial charge >= 0.3 is 0 Å². The molecule has 10 unspecified atom stereocenters. The predicted octanol–water partition coefficient (Wildman–Crippen LogP) is -8.49. The van der Waals surface area contributed by atoms with Crippen molar-refractivity contribution in [2.75, 3.05) is 26.9 Å². The van der Waals surface area contributed by atoms with Gasteiger partial charge in [0.2, 0.25) is 11.8 Å². The Hall–Kier alpha value is -3.09. The van der Waals surface area contributed by atoms with E-state index in [9.17, 15) is 69.9 Å². The van der Waals surface area contributed by atoms with Crippen molar-refractivity contribution in [3.63, 3.8) is 0 Å². The molecule has 0 aromatic carbocycles. The number of aliphatic hydroxyl groups excluding tert-OH is 8. The molecule has 0 aliphatic carbocycles. The first-order valence-corrected chi connectivity index (χ1v) is 19.2. The number of Topliss-reactive ketones (excluding diaryl/α,β-unsaturated/α-hetero) is 1. The topological polar surface area (TPSA) is 380 Å². The predicted molar refractivity (Wildman–Crippen MR) is 189 cm³/mol. The van der Waals surface area contributed by atoms with Crippen molar-refractivity contribution in [1.29, 1.82) is 0 Å². The third-order valence-electron chi connectivity index (χ3n) is 10.5. The van der Waals surface area contributed by atoms with Gasteiger partial charge in [-0.15, -0.1) is 0 Å². The number of carbonyl (C=O) groups excluding carboxylic acids is 5. The lowest BCUT2D eigenvalue weighted by Gasteiger charge is -2.50. The Bertz CT molecular complexity index is 1480. The second kappa shape index (κ2) is 21.8. The van der Waals surface area contributed by atoms with Crippen LogP contribution in [-0.2, 0) is 61.9 Å². The van der Waals surface area contributed by atoms with E-state index in [1.165, 1.54) is 13.8 Å². The van der Waals surface area contributed by atoms with Crippen LogP contribution in [-0.4, -0.2) is 220 Å². The highest BCUT2D eigenvalue weighted by molar-refractivity contribution is 5.82. The van der Waals surface area contributed by atoms with E-state index in [0.717, 1.165) is 21.0 Å². The van der Waals surface area contributed by atoms with Gasteiger partial charge in [0, 0.05) is 33.9 Å². The van der Waals surface area contributed by atoms with E-state index in [2.05, 4.69) is 16.0 Å². The van der Waals surface area contributed by atoms with E-state index in [1.54, 1.807) is 0 Å². The van der Waals surface area contributed by atoms with Crippen LogP contribution < -0.4 is 21.1 Å². The summed E-state index contributed by atoms with van der Waals surface area (Å²) < 4.78 is 45.1. The lowest BCUT2D eigenvalue weighted by Crippen LogP contribution is -2.71. The summed E-state index contributed by atoms with van der Waals surface area (Å²) in [4.78, 5) is 61.5. The van der Waals surface area contributed by atoms with Crippen molar-refractivity contribution in [2.24, 2.45) is 0 Å². The van der Waals surface area contributed by atoms with Crippen LogP contribution >= 0.6 is 0 Å². The summed E-state index contributed by atoms with van der Waals surface area (Å²) in [6.07, 6.45) is -32.4. The van der Waals surface area contributed by atoms with E-state index in [4.69, 9.17) is 37.9 Å². The van der Waals surface area contributed by atoms with E-state index >= 15 is 0 Å². The number of ether oxygens (including phenoxy) is 8. The summed E-state index contributed by atoms with van der Waals surface area (Å²) in [5.74, 6) is -4.44. The molecule has 0 aromatic heterocycles. The minimum Gasteiger partial charge on any atom is -0.547 e. The zero-order valence-corrected chi connectivity index (χ0v) is 33.4. The normalized spacial score (nSPS) is 42.1. The molecule has 20 atom stereocenters. The number of aliphatic carboxylic acids is 1. The number of hydrogen-bond acceptors (Lipinski definition) is 22. The molecule has 0 spiro atoms. The number of methoxy groups -OCH3 is 1. The number of nitrogens with one attached hydrogen (secondary N) is 3. The molecule has 4 heterocycles. The smallest absolute Gasteiger partial charge is 0.252 e. The first-order valence-electron chi connectivity index (χ1n) is 19.2. The quantitative estimate of drug-likeness (QED) is 0.0605. The van der Waals surface area contributed by atoms with Gasteiger partial charge < -0.3 is 109 Å². The Kier molecular flexibility index (Phi) is 18.0. The highest BCUT2D eigenvalue weighted by Crippen LogP contribution is 2.35. The Morgan fingerprint density at radius 1 is 0.617 bits per heavy atom. The number of hydrogen-bond donors (Lipinski definition) is 11. The van der Waals surface area contributed by atoms with E-state index in [0.29, 0.717) is 0 Å². The molecule has 4 rings (SSSR count). The van der Waals surface area contributed by atoms with Crippen LogP contribution in [0.1, 0.15) is 40.5 Å². The molecule has 25 nitrogen and oxygen atoms in total. The van der Waals surface area contributed by atoms with Crippen LogP contribution in [0.5, 0.6) is 0 Å². The number of amides is 3. The standard InChI is InChI=1S/C35H57N3O22/c1-11(41)7-6-8-36-31(50)29-27(53-5)21(46)23(48)34(59-29)57-26-18(38-14(4)43)33(55-16(10-40)20(26)45)58-28-22(47)24(49)35(60-30(28)32(51)52)56-25-17(37-13(3)42)12(2)54-15(9-39)19(25)44/h12,15-30,33-35,39-40,44-49H,6-10H2,1-5H3,(H,36,50)(H,37,42)(H,38,43)(H,51,52)/p-1/t12?,15?,16?,17?,18?,19-,20-,21?,22?,23+,24+,25-,26-,27+,28+,29?,30?,33?,34-,35-/m1/s1. The van der Waals surface area contributed by atoms with Crippen molar-refractivity contribution < 1.29 is 108 Å². The Labute approximate surface area is 343 Å². The van der Waals surface area contributed by atoms with Gasteiger partial charge in [-0.2, -0.15) is 0 Å². The molecule has 11 N–H and O–H groups in total. The summed E-state index contributed by atoms with van der Waals surface area (Å²) in [6.45, 7) is 3.33. The van der Waals surface area contributed by atoms with Crippen molar-refractivity contribution in [1.82, 2.24) is 16.0 Å². The summed E-state index contributed by atoms with van der Waals surface area (Å²) in [5, 5.41) is 107. The first kappa shape index (κ1) is 49.6. The van der Waals surface area contributed by atoms with Crippen LogP contribution in [0.25, 0.3) is 0 Å². The Morgan fingerprint density at radius 2 is 1.10 bits per heavy atom. The second-order valence-corrected chi connectivity index (χ2v) is 15.0. The van der Waals surface area contributed by atoms with Crippen molar-refractivity contribution in [2.45, 2.75) is 163 Å². The van der Waals surface area contributed by atoms with Gasteiger partial charge in [0.15, 0.2) is 25.0 Å². The Balaban J connectivity index is 1.60. The van der Waals surface area contributed by atoms with Gasteiger partial charge in [0.1, 0.15) is 91.2 Å². The summed E-state index contributed by atoms with van der Waals surface area (Å²) >= 11 is 0. The fourth-order valence-electron chi connectivity index (χ4n) is 7.44. The van der Waals surface area contributed by atoms with Crippen molar-refractivity contribution >= 4 is 29.5 Å². The molecule has 60 heavy (non-hydrogen) atoms. The van der Waals surface area contributed by atoms with Gasteiger partial charge in [0.05, 0.1) is 31.3 Å². The minimum atomic E-state index is -2.34. The maximum Gasteiger partial charge on any atom is 0.252 e. The fraction of sp³-hybridized carbons (Fsp3) is 0.857. The first-order chi connectivity index (χ1) is 28.2. The molecule has 344 valence electrons. The molecule has 0 radical (unpaired) electrons. The van der Waals surface area contributed by atoms with Crippen LogP contribution in [0, 0.1) is 0 Å². The Morgan fingerprint density at radius 3 is 1.60 bits per heavy atom. The van der Waals surface area contributed by atoms with Gasteiger partial charge in [-0.1, -0.05) is 0 Å². The molecule has 0 saturated carbocycles. The summed E-state index contributed by atoms with van der Waals surface area (Å²) in [7, 11) is 1.13. The third-order valence-corrected chi connectivity index (χ3v) is 10.5.